The summed E-state index contributed by atoms with van der Waals surface area (Å²) in [6, 6.07) is 5.54. The lowest BCUT2D eigenvalue weighted by atomic mass is 9.88. The first-order valence-electron chi connectivity index (χ1n) is 10.1. The molecule has 2 saturated heterocycles. The molecule has 0 amide bonds. The molecule has 3 rings (SSSR count). The maximum absolute atomic E-state index is 6.39. The average molecular weight is 442 g/mol. The van der Waals surface area contributed by atoms with Crippen molar-refractivity contribution in [1.29, 1.82) is 0 Å². The maximum Gasteiger partial charge on any atom is 0.551 e. The largest absolute Gasteiger partial charge is 0.551 e. The maximum atomic E-state index is 6.39. The number of hydrogen-bond donors (Lipinski definition) is 0. The van der Waals surface area contributed by atoms with Crippen molar-refractivity contribution in [3.05, 3.63) is 33.8 Å². The van der Waals surface area contributed by atoms with E-state index in [9.17, 15) is 0 Å². The minimum atomic E-state index is -0.597. The molecule has 0 unspecified atom stereocenters. The summed E-state index contributed by atoms with van der Waals surface area (Å²) in [5, 5.41) is 1.26. The van der Waals surface area contributed by atoms with Crippen molar-refractivity contribution in [3.8, 4) is 0 Å². The van der Waals surface area contributed by atoms with Crippen LogP contribution >= 0.6 is 23.2 Å². The van der Waals surface area contributed by atoms with Crippen LogP contribution in [0.25, 0.3) is 0 Å². The summed E-state index contributed by atoms with van der Waals surface area (Å²) in [6.07, 6.45) is 0.671. The smallest absolute Gasteiger partial charge is 0.390 e. The van der Waals surface area contributed by atoms with Crippen LogP contribution in [-0.2, 0) is 25.0 Å². The lowest BCUT2D eigenvalue weighted by Gasteiger charge is -2.32. The quantitative estimate of drug-likeness (QED) is 0.600. The Hall–Kier alpha value is -0.270. The van der Waals surface area contributed by atoms with Gasteiger partial charge in [0.2, 0.25) is 0 Å². The molecule has 0 N–H and O–H groups in total. The van der Waals surface area contributed by atoms with Crippen molar-refractivity contribution in [2.45, 2.75) is 84.2 Å². The van der Waals surface area contributed by atoms with Crippen molar-refractivity contribution in [3.63, 3.8) is 0 Å². The van der Waals surface area contributed by atoms with E-state index in [1.165, 1.54) is 0 Å². The minimum Gasteiger partial charge on any atom is -0.390 e. The Balaban J connectivity index is 1.85. The number of hydrogen-bond acceptors (Lipinski definition) is 5. The molecule has 29 heavy (non-hydrogen) atoms. The number of rotatable bonds is 5. The average Bonchev–Trinajstić information content (AvgIpc) is 2.89. The molecule has 2 fully saturated rings. The van der Waals surface area contributed by atoms with Gasteiger partial charge in [0, 0.05) is 10.0 Å². The van der Waals surface area contributed by atoms with Gasteiger partial charge >= 0.3 is 14.5 Å². The summed E-state index contributed by atoms with van der Waals surface area (Å²) in [5.41, 5.74) is -0.849. The molecular formula is C20H31B2Cl2NO4. The Morgan fingerprint density at radius 1 is 0.759 bits per heavy atom. The second kappa shape index (κ2) is 7.70. The van der Waals surface area contributed by atoms with Gasteiger partial charge < -0.3 is 18.6 Å². The van der Waals surface area contributed by atoms with Gasteiger partial charge in [0.05, 0.1) is 22.4 Å². The molecule has 2 heterocycles. The fourth-order valence-corrected chi connectivity index (χ4v) is 3.68. The second-order valence-electron chi connectivity index (χ2n) is 9.85. The Bertz CT molecular complexity index is 705. The van der Waals surface area contributed by atoms with Crippen molar-refractivity contribution in [1.82, 2.24) is 4.72 Å². The molecule has 2 aliphatic heterocycles. The third kappa shape index (κ3) is 4.52. The highest BCUT2D eigenvalue weighted by Gasteiger charge is 2.61. The first-order chi connectivity index (χ1) is 13.2. The predicted octanol–water partition coefficient (Wildman–Crippen LogP) is 5.02. The molecule has 9 heteroatoms. The first-order valence-corrected chi connectivity index (χ1v) is 10.8. The van der Waals surface area contributed by atoms with Crippen LogP contribution in [-0.4, -0.2) is 48.2 Å². The SMILES string of the molecule is CC1(C)OB(N(CCc2ccc(Cl)cc2Cl)B2OC(C)(C)C(C)(C)O2)OC1(C)C. The van der Waals surface area contributed by atoms with Crippen molar-refractivity contribution in [2.24, 2.45) is 0 Å². The molecule has 0 aromatic heterocycles. The molecule has 160 valence electrons. The van der Waals surface area contributed by atoms with Gasteiger partial charge in [0.15, 0.2) is 0 Å². The zero-order valence-electron chi connectivity index (χ0n) is 18.6. The Labute approximate surface area is 185 Å². The molecule has 0 radical (unpaired) electrons. The third-order valence-corrected chi connectivity index (χ3v) is 7.26. The minimum absolute atomic E-state index is 0.461. The van der Waals surface area contributed by atoms with Crippen LogP contribution < -0.4 is 0 Å². The van der Waals surface area contributed by atoms with Gasteiger partial charge in [0.25, 0.3) is 0 Å². The van der Waals surface area contributed by atoms with Crippen LogP contribution in [0.5, 0.6) is 0 Å². The summed E-state index contributed by atoms with van der Waals surface area (Å²) >= 11 is 12.4. The highest BCUT2D eigenvalue weighted by molar-refractivity contribution is 6.60. The van der Waals surface area contributed by atoms with Gasteiger partial charge in [-0.1, -0.05) is 29.3 Å². The molecule has 2 aliphatic rings. The Morgan fingerprint density at radius 3 is 1.55 bits per heavy atom. The molecule has 0 aliphatic carbocycles. The highest BCUT2D eigenvalue weighted by Crippen LogP contribution is 2.41. The molecule has 1 aromatic rings. The first kappa shape index (κ1) is 23.4. The highest BCUT2D eigenvalue weighted by atomic mass is 35.5. The van der Waals surface area contributed by atoms with E-state index in [4.69, 9.17) is 41.8 Å². The number of halogens is 2. The van der Waals surface area contributed by atoms with Crippen molar-refractivity contribution < 1.29 is 18.6 Å². The molecular weight excluding hydrogens is 411 g/mol. The van der Waals surface area contributed by atoms with Crippen LogP contribution in [0.3, 0.4) is 0 Å². The van der Waals surface area contributed by atoms with Crippen LogP contribution in [0.15, 0.2) is 18.2 Å². The van der Waals surface area contributed by atoms with Crippen LogP contribution in [0, 0.1) is 0 Å². The monoisotopic (exact) mass is 441 g/mol. The number of nitrogens with zero attached hydrogens (tertiary/aromatic N) is 1. The molecule has 0 atom stereocenters. The zero-order valence-corrected chi connectivity index (χ0v) is 20.1. The van der Waals surface area contributed by atoms with Gasteiger partial charge in [-0.25, -0.2) is 0 Å². The lowest BCUT2D eigenvalue weighted by Crippen LogP contribution is -2.54. The summed E-state index contributed by atoms with van der Waals surface area (Å²) < 4.78 is 27.2. The number of benzene rings is 1. The van der Waals surface area contributed by atoms with E-state index < -0.39 is 36.9 Å². The summed E-state index contributed by atoms with van der Waals surface area (Å²) in [7, 11) is -1.19. The van der Waals surface area contributed by atoms with Crippen molar-refractivity contribution >= 4 is 37.7 Å². The zero-order chi connectivity index (χ0) is 21.8. The molecule has 1 aromatic carbocycles. The van der Waals surface area contributed by atoms with E-state index in [0.29, 0.717) is 23.0 Å². The second-order valence-corrected chi connectivity index (χ2v) is 10.7. The Kier molecular flexibility index (Phi) is 6.21. The Morgan fingerprint density at radius 2 is 1.17 bits per heavy atom. The fourth-order valence-electron chi connectivity index (χ4n) is 3.18. The van der Waals surface area contributed by atoms with E-state index in [-0.39, 0.29) is 0 Å². The van der Waals surface area contributed by atoms with Gasteiger partial charge in [-0.3, -0.25) is 4.72 Å². The topological polar surface area (TPSA) is 40.2 Å². The van der Waals surface area contributed by atoms with E-state index in [1.807, 2.05) is 72.2 Å². The summed E-state index contributed by atoms with van der Waals surface area (Å²) in [4.78, 5) is 0. The normalized spacial score (nSPS) is 24.5. The standard InChI is InChI=1S/C20H31B2Cl2NO4/c1-17(2)18(3,4)27-21(26-17)25(22-28-19(5,6)20(7,8)29-22)12-11-14-9-10-15(23)13-16(14)24/h9-10,13H,11-12H2,1-8H3. The molecule has 5 nitrogen and oxygen atoms in total. The van der Waals surface area contributed by atoms with Gasteiger partial charge in [-0.15, -0.1) is 0 Å². The molecule has 0 spiro atoms. The fraction of sp³-hybridized carbons (Fsp3) is 0.700. The van der Waals surface area contributed by atoms with Crippen LogP contribution in [0.4, 0.5) is 0 Å². The van der Waals surface area contributed by atoms with Gasteiger partial charge in [-0.2, -0.15) is 0 Å². The summed E-state index contributed by atoms with van der Waals surface area (Å²) in [6.45, 7) is 16.8. The predicted molar refractivity (Wildman–Crippen MR) is 119 cm³/mol. The van der Waals surface area contributed by atoms with E-state index in [2.05, 4.69) is 0 Å². The van der Waals surface area contributed by atoms with Crippen molar-refractivity contribution in [2.75, 3.05) is 6.54 Å². The lowest BCUT2D eigenvalue weighted by molar-refractivity contribution is 0.00578. The van der Waals surface area contributed by atoms with Crippen LogP contribution in [0.1, 0.15) is 61.0 Å². The third-order valence-electron chi connectivity index (χ3n) is 6.68. The van der Waals surface area contributed by atoms with E-state index >= 15 is 0 Å². The van der Waals surface area contributed by atoms with Gasteiger partial charge in [-0.05, 0) is 86.1 Å². The van der Waals surface area contributed by atoms with E-state index in [1.54, 1.807) is 6.07 Å². The molecule has 0 saturated carbocycles. The van der Waals surface area contributed by atoms with Crippen LogP contribution in [0.2, 0.25) is 10.0 Å². The van der Waals surface area contributed by atoms with E-state index in [0.717, 1.165) is 5.56 Å². The summed E-state index contributed by atoms with van der Waals surface area (Å²) in [5.74, 6) is 0. The van der Waals surface area contributed by atoms with Gasteiger partial charge in [0.1, 0.15) is 0 Å². The molecule has 0 bridgehead atoms.